The monoisotopic (exact) mass is 551 g/mol. The van der Waals surface area contributed by atoms with Gasteiger partial charge in [-0.15, -0.1) is 0 Å². The number of alkyl halides is 1. The molecule has 1 fully saturated rings. The van der Waals surface area contributed by atoms with Crippen LogP contribution < -0.4 is 5.32 Å². The first kappa shape index (κ1) is 27.1. The molecule has 0 bridgehead atoms. The number of anilines is 1. The summed E-state index contributed by atoms with van der Waals surface area (Å²) in [5.41, 5.74) is 1.12. The molecule has 2 aliphatic rings. The van der Waals surface area contributed by atoms with Gasteiger partial charge in [-0.2, -0.15) is 0 Å². The van der Waals surface area contributed by atoms with Gasteiger partial charge >= 0.3 is 5.97 Å². The number of likely N-dealkylation sites (tertiary alicyclic amines) is 1. The summed E-state index contributed by atoms with van der Waals surface area (Å²) in [5.74, 6) is 0.216. The van der Waals surface area contributed by atoms with Crippen LogP contribution in [0.15, 0.2) is 66.1 Å². The molecule has 2 aromatic carbocycles. The third kappa shape index (κ3) is 6.25. The van der Waals surface area contributed by atoms with E-state index >= 15 is 4.39 Å². The maximum absolute atomic E-state index is 16.5. The number of aromatic carboxylic acids is 1. The highest BCUT2D eigenvalue weighted by molar-refractivity contribution is 7.22. The second kappa shape index (κ2) is 11.8. The van der Waals surface area contributed by atoms with Gasteiger partial charge in [-0.25, -0.2) is 14.2 Å². The minimum absolute atomic E-state index is 0.170. The van der Waals surface area contributed by atoms with Crippen LogP contribution in [0.5, 0.6) is 0 Å². The van der Waals surface area contributed by atoms with Gasteiger partial charge in [0.2, 0.25) is 0 Å². The summed E-state index contributed by atoms with van der Waals surface area (Å²) in [7, 11) is 0. The van der Waals surface area contributed by atoms with E-state index in [2.05, 4.69) is 15.2 Å². The van der Waals surface area contributed by atoms with Crippen LogP contribution in [0.3, 0.4) is 0 Å². The molecule has 0 spiro atoms. The summed E-state index contributed by atoms with van der Waals surface area (Å²) >= 11 is 1.52. The smallest absolute Gasteiger partial charge is 0.335 e. The largest absolute Gasteiger partial charge is 0.497 e. The molecule has 5 rings (SSSR count). The van der Waals surface area contributed by atoms with Crippen LogP contribution >= 0.6 is 11.3 Å². The number of aromatic nitrogens is 1. The molecule has 39 heavy (non-hydrogen) atoms. The van der Waals surface area contributed by atoms with E-state index in [0.29, 0.717) is 30.2 Å². The molecule has 0 saturated carbocycles. The van der Waals surface area contributed by atoms with Crippen molar-refractivity contribution in [3.8, 4) is 0 Å². The number of carbonyl (C=O) groups is 1. The van der Waals surface area contributed by atoms with Crippen molar-refractivity contribution in [3.05, 3.63) is 77.3 Å². The van der Waals surface area contributed by atoms with Gasteiger partial charge in [0.05, 0.1) is 34.6 Å². The van der Waals surface area contributed by atoms with Gasteiger partial charge in [-0.3, -0.25) is 4.90 Å². The summed E-state index contributed by atoms with van der Waals surface area (Å²) in [5, 5.41) is 13.5. The zero-order valence-electron chi connectivity index (χ0n) is 22.3. The average molecular weight is 552 g/mol. The lowest BCUT2D eigenvalue weighted by Gasteiger charge is -2.38. The van der Waals surface area contributed by atoms with Crippen molar-refractivity contribution in [2.24, 2.45) is 0 Å². The average Bonchev–Trinajstić information content (AvgIpc) is 3.32. The highest BCUT2D eigenvalue weighted by Crippen LogP contribution is 2.41. The molecule has 2 N–H and O–H groups in total. The summed E-state index contributed by atoms with van der Waals surface area (Å²) in [4.78, 5) is 18.0. The Morgan fingerprint density at radius 1 is 1.15 bits per heavy atom. The summed E-state index contributed by atoms with van der Waals surface area (Å²) < 4.78 is 29.4. The van der Waals surface area contributed by atoms with Crippen LogP contribution in [0.1, 0.15) is 49.0 Å². The summed E-state index contributed by atoms with van der Waals surface area (Å²) in [6, 6.07) is 15.1. The quantitative estimate of drug-likeness (QED) is 0.304. The van der Waals surface area contributed by atoms with Gasteiger partial charge in [-0.05, 0) is 56.5 Å². The number of allylic oxidation sites excluding steroid dienone is 2. The Labute approximate surface area is 232 Å². The maximum atomic E-state index is 16.5. The molecular formula is C30H34FN3O4S. The highest BCUT2D eigenvalue weighted by atomic mass is 32.1. The number of fused-ring (bicyclic) bond motifs is 1. The van der Waals surface area contributed by atoms with Crippen molar-refractivity contribution in [3.63, 3.8) is 0 Å². The van der Waals surface area contributed by atoms with Gasteiger partial charge in [0.15, 0.2) is 10.8 Å². The first-order valence-electron chi connectivity index (χ1n) is 13.5. The lowest BCUT2D eigenvalue weighted by molar-refractivity contribution is 0.0696. The zero-order chi connectivity index (χ0) is 27.4. The Morgan fingerprint density at radius 3 is 2.59 bits per heavy atom. The van der Waals surface area contributed by atoms with Crippen LogP contribution in [-0.4, -0.2) is 65.5 Å². The number of thiazole rings is 1. The number of piperidine rings is 1. The molecule has 1 aromatic heterocycles. The van der Waals surface area contributed by atoms with Crippen LogP contribution in [0.25, 0.3) is 15.8 Å². The van der Waals surface area contributed by atoms with E-state index in [1.807, 2.05) is 44.2 Å². The first-order valence-corrected chi connectivity index (χ1v) is 14.3. The number of rotatable bonds is 10. The van der Waals surface area contributed by atoms with Gasteiger partial charge < -0.3 is 19.9 Å². The molecule has 1 aliphatic heterocycles. The van der Waals surface area contributed by atoms with Crippen molar-refractivity contribution in [2.45, 2.75) is 44.8 Å². The SMILES string of the molecule is CCOC1=CC(F)(CN2CCC(Nc3nc4cc(C(=O)O)ccc4s3)CC2)CC(OCC)=C1c1ccccc1. The van der Waals surface area contributed by atoms with E-state index in [1.54, 1.807) is 24.3 Å². The van der Waals surface area contributed by atoms with Crippen LogP contribution in [0.4, 0.5) is 9.52 Å². The lowest BCUT2D eigenvalue weighted by Crippen LogP contribution is -2.46. The predicted molar refractivity (Wildman–Crippen MR) is 153 cm³/mol. The summed E-state index contributed by atoms with van der Waals surface area (Å²) in [6.07, 6.45) is 3.54. The molecule has 1 atom stereocenters. The minimum atomic E-state index is -1.59. The molecule has 0 amide bonds. The Balaban J connectivity index is 1.24. The number of hydrogen-bond acceptors (Lipinski definition) is 7. The first-order chi connectivity index (χ1) is 18.9. The fourth-order valence-corrected chi connectivity index (χ4v) is 6.25. The van der Waals surface area contributed by atoms with E-state index in [0.717, 1.165) is 46.9 Å². The van der Waals surface area contributed by atoms with E-state index in [-0.39, 0.29) is 24.6 Å². The van der Waals surface area contributed by atoms with E-state index < -0.39 is 11.6 Å². The molecule has 3 aromatic rings. The summed E-state index contributed by atoms with van der Waals surface area (Å²) in [6.45, 7) is 6.52. The van der Waals surface area contributed by atoms with Crippen LogP contribution in [0, 0.1) is 0 Å². The Hall–Kier alpha value is -3.43. The second-order valence-corrected chi connectivity index (χ2v) is 11.0. The topological polar surface area (TPSA) is 83.9 Å². The molecular weight excluding hydrogens is 517 g/mol. The van der Waals surface area contributed by atoms with Crippen LogP contribution in [0.2, 0.25) is 0 Å². The third-order valence-corrected chi connectivity index (χ3v) is 8.05. The molecule has 1 saturated heterocycles. The second-order valence-electron chi connectivity index (χ2n) is 9.95. The third-order valence-electron chi connectivity index (χ3n) is 7.09. The number of hydrogen-bond donors (Lipinski definition) is 2. The van der Waals surface area contributed by atoms with Gasteiger partial charge in [0, 0.05) is 32.1 Å². The zero-order valence-corrected chi connectivity index (χ0v) is 23.1. The van der Waals surface area contributed by atoms with Gasteiger partial charge in [-0.1, -0.05) is 41.7 Å². The standard InChI is InChI=1S/C30H34FN3O4S/c1-3-37-24-17-30(31,18-25(38-4-2)27(24)20-8-6-5-7-9-20)19-34-14-12-22(13-15-34)32-29-33-23-16-21(28(35)36)10-11-26(23)39-29/h5-11,16-17,22H,3-4,12-15,18-19H2,1-2H3,(H,32,33)(H,35,36). The Bertz CT molecular complexity index is 1380. The van der Waals surface area contributed by atoms with Crippen molar-refractivity contribution < 1.29 is 23.8 Å². The number of halogens is 1. The van der Waals surface area contributed by atoms with E-state index in [9.17, 15) is 9.90 Å². The molecule has 9 heteroatoms. The van der Waals surface area contributed by atoms with E-state index in [1.165, 1.54) is 11.3 Å². The number of carboxylic acid groups (broad SMARTS) is 1. The van der Waals surface area contributed by atoms with Gasteiger partial charge in [0.1, 0.15) is 11.5 Å². The van der Waals surface area contributed by atoms with Gasteiger partial charge in [0.25, 0.3) is 0 Å². The normalized spacial score (nSPS) is 20.6. The molecule has 206 valence electrons. The number of nitrogens with one attached hydrogen (secondary N) is 1. The van der Waals surface area contributed by atoms with Crippen LogP contribution in [-0.2, 0) is 9.47 Å². The Kier molecular flexibility index (Phi) is 8.18. The number of benzene rings is 2. The molecule has 2 heterocycles. The highest BCUT2D eigenvalue weighted by Gasteiger charge is 2.39. The molecule has 1 aliphatic carbocycles. The lowest BCUT2D eigenvalue weighted by atomic mass is 9.86. The van der Waals surface area contributed by atoms with Crippen molar-refractivity contribution in [1.29, 1.82) is 0 Å². The Morgan fingerprint density at radius 2 is 1.90 bits per heavy atom. The maximum Gasteiger partial charge on any atom is 0.335 e. The predicted octanol–water partition coefficient (Wildman–Crippen LogP) is 6.35. The minimum Gasteiger partial charge on any atom is -0.497 e. The van der Waals surface area contributed by atoms with Crippen molar-refractivity contribution in [1.82, 2.24) is 9.88 Å². The fourth-order valence-electron chi connectivity index (χ4n) is 5.33. The number of nitrogens with zero attached hydrogens (tertiary/aromatic N) is 2. The van der Waals surface area contributed by atoms with E-state index in [4.69, 9.17) is 9.47 Å². The molecule has 1 unspecified atom stereocenters. The van der Waals surface area contributed by atoms with Crippen molar-refractivity contribution >= 4 is 38.2 Å². The molecule has 0 radical (unpaired) electrons. The molecule has 7 nitrogen and oxygen atoms in total. The fraction of sp³-hybridized carbons (Fsp3) is 0.400. The number of carboxylic acids is 1. The van der Waals surface area contributed by atoms with Crippen molar-refractivity contribution in [2.75, 3.05) is 38.2 Å². The number of ether oxygens (including phenoxy) is 2.